The van der Waals surface area contributed by atoms with Gasteiger partial charge in [-0.25, -0.2) is 0 Å². The van der Waals surface area contributed by atoms with Gasteiger partial charge < -0.3 is 14.5 Å². The second-order valence-electron chi connectivity index (χ2n) is 8.16. The number of nitrogens with zero attached hydrogens (tertiary/aromatic N) is 2. The lowest BCUT2D eigenvalue weighted by atomic mass is 10.1. The van der Waals surface area contributed by atoms with Crippen LogP contribution in [0.2, 0.25) is 10.0 Å². The lowest BCUT2D eigenvalue weighted by molar-refractivity contribution is -0.121. The SMILES string of the molecule is CC(CC(=O)NCc1cccc(Cl)c1)n1c(=N)n(CC(=O)c2ccc(Cl)cc2)c2ccccc21. The van der Waals surface area contributed by atoms with Crippen LogP contribution in [0.1, 0.15) is 35.3 Å². The summed E-state index contributed by atoms with van der Waals surface area (Å²) in [6.07, 6.45) is 0.191. The Morgan fingerprint density at radius 3 is 2.35 bits per heavy atom. The molecule has 1 atom stereocenters. The number of imidazole rings is 1. The van der Waals surface area contributed by atoms with Crippen molar-refractivity contribution in [3.05, 3.63) is 99.6 Å². The third-order valence-electron chi connectivity index (χ3n) is 5.68. The van der Waals surface area contributed by atoms with Gasteiger partial charge in [0, 0.05) is 34.6 Å². The van der Waals surface area contributed by atoms with Crippen LogP contribution < -0.4 is 10.9 Å². The Labute approximate surface area is 207 Å². The fraction of sp³-hybridized carbons (Fsp3) is 0.192. The molecule has 1 unspecified atom stereocenters. The molecular weight excluding hydrogens is 471 g/mol. The molecule has 2 N–H and O–H groups in total. The number of amides is 1. The third kappa shape index (κ3) is 5.24. The first-order valence-electron chi connectivity index (χ1n) is 10.9. The molecule has 0 aliphatic carbocycles. The molecule has 0 fully saturated rings. The van der Waals surface area contributed by atoms with Gasteiger partial charge in [-0.05, 0) is 61.0 Å². The van der Waals surface area contributed by atoms with Gasteiger partial charge in [-0.1, -0.05) is 47.5 Å². The number of rotatable bonds is 8. The fourth-order valence-corrected chi connectivity index (χ4v) is 4.35. The van der Waals surface area contributed by atoms with Crippen molar-refractivity contribution < 1.29 is 9.59 Å². The van der Waals surface area contributed by atoms with Crippen LogP contribution in [0.3, 0.4) is 0 Å². The summed E-state index contributed by atoms with van der Waals surface area (Å²) in [4.78, 5) is 25.5. The van der Waals surface area contributed by atoms with Crippen molar-refractivity contribution >= 4 is 45.9 Å². The molecule has 0 aliphatic rings. The highest BCUT2D eigenvalue weighted by Crippen LogP contribution is 2.20. The van der Waals surface area contributed by atoms with E-state index in [-0.39, 0.29) is 36.3 Å². The minimum absolute atomic E-state index is 0.0155. The Kier molecular flexibility index (Phi) is 7.20. The van der Waals surface area contributed by atoms with Crippen molar-refractivity contribution in [1.29, 1.82) is 5.41 Å². The molecule has 1 amide bonds. The van der Waals surface area contributed by atoms with Gasteiger partial charge in [0.1, 0.15) is 0 Å². The van der Waals surface area contributed by atoms with Crippen molar-refractivity contribution in [2.24, 2.45) is 0 Å². The Morgan fingerprint density at radius 2 is 1.65 bits per heavy atom. The molecule has 4 rings (SSSR count). The Morgan fingerprint density at radius 1 is 0.941 bits per heavy atom. The van der Waals surface area contributed by atoms with Gasteiger partial charge >= 0.3 is 0 Å². The number of Topliss-reactive ketones (excluding diaryl/α,β-unsaturated/α-hetero) is 1. The largest absolute Gasteiger partial charge is 0.352 e. The quantitative estimate of drug-likeness (QED) is 0.322. The predicted molar refractivity (Wildman–Crippen MR) is 134 cm³/mol. The molecule has 8 heteroatoms. The van der Waals surface area contributed by atoms with Crippen molar-refractivity contribution in [2.45, 2.75) is 32.5 Å². The average Bonchev–Trinajstić information content (AvgIpc) is 3.09. The molecule has 0 aliphatic heterocycles. The smallest absolute Gasteiger partial charge is 0.222 e. The van der Waals surface area contributed by atoms with Crippen molar-refractivity contribution in [2.75, 3.05) is 0 Å². The number of fused-ring (bicyclic) bond motifs is 1. The molecule has 0 saturated heterocycles. The van der Waals surface area contributed by atoms with Crippen LogP contribution >= 0.6 is 23.2 Å². The highest BCUT2D eigenvalue weighted by molar-refractivity contribution is 6.30. The van der Waals surface area contributed by atoms with Gasteiger partial charge in [0.25, 0.3) is 0 Å². The molecule has 1 aromatic heterocycles. The number of benzene rings is 3. The number of hydrogen-bond acceptors (Lipinski definition) is 3. The number of ketones is 1. The van der Waals surface area contributed by atoms with E-state index in [0.29, 0.717) is 22.2 Å². The Bertz CT molecular complexity index is 1410. The number of aromatic nitrogens is 2. The maximum Gasteiger partial charge on any atom is 0.222 e. The van der Waals surface area contributed by atoms with E-state index in [9.17, 15) is 9.59 Å². The summed E-state index contributed by atoms with van der Waals surface area (Å²) < 4.78 is 3.47. The molecule has 0 spiro atoms. The third-order valence-corrected chi connectivity index (χ3v) is 6.17. The Hall–Kier alpha value is -3.35. The number of hydrogen-bond donors (Lipinski definition) is 2. The molecule has 0 bridgehead atoms. The summed E-state index contributed by atoms with van der Waals surface area (Å²) in [5.41, 5.74) is 3.17. The van der Waals surface area contributed by atoms with Crippen LogP contribution in [-0.4, -0.2) is 20.8 Å². The minimum atomic E-state index is -0.288. The number of carbonyl (C=O) groups is 2. The summed E-state index contributed by atoms with van der Waals surface area (Å²) in [5.74, 6) is -0.251. The van der Waals surface area contributed by atoms with Crippen LogP contribution in [0, 0.1) is 5.41 Å². The molecular formula is C26H24Cl2N4O2. The summed E-state index contributed by atoms with van der Waals surface area (Å²) in [5, 5.41) is 12.9. The molecule has 4 aromatic rings. The summed E-state index contributed by atoms with van der Waals surface area (Å²) in [7, 11) is 0. The summed E-state index contributed by atoms with van der Waals surface area (Å²) in [6, 6.07) is 21.3. The van der Waals surface area contributed by atoms with E-state index in [4.69, 9.17) is 28.6 Å². The lowest BCUT2D eigenvalue weighted by Crippen LogP contribution is -2.32. The van der Waals surface area contributed by atoms with Crippen molar-refractivity contribution in [3.8, 4) is 0 Å². The van der Waals surface area contributed by atoms with Crippen LogP contribution in [0.25, 0.3) is 11.0 Å². The number of para-hydroxylation sites is 2. The van der Waals surface area contributed by atoms with Gasteiger partial charge in [-0.2, -0.15) is 0 Å². The normalized spacial score (nSPS) is 12.0. The van der Waals surface area contributed by atoms with E-state index < -0.39 is 0 Å². The zero-order valence-corrected chi connectivity index (χ0v) is 20.1. The number of carbonyl (C=O) groups excluding carboxylic acids is 2. The Balaban J connectivity index is 1.54. The van der Waals surface area contributed by atoms with E-state index in [1.807, 2.05) is 49.4 Å². The van der Waals surface area contributed by atoms with Crippen molar-refractivity contribution in [1.82, 2.24) is 14.5 Å². The first kappa shape index (κ1) is 23.8. The van der Waals surface area contributed by atoms with E-state index in [2.05, 4.69) is 5.32 Å². The monoisotopic (exact) mass is 494 g/mol. The first-order valence-corrected chi connectivity index (χ1v) is 11.6. The second-order valence-corrected chi connectivity index (χ2v) is 9.03. The lowest BCUT2D eigenvalue weighted by Gasteiger charge is -2.15. The maximum absolute atomic E-state index is 12.9. The van der Waals surface area contributed by atoms with Crippen LogP contribution in [-0.2, 0) is 17.9 Å². The molecule has 174 valence electrons. The fourth-order valence-electron chi connectivity index (χ4n) is 4.01. The summed E-state index contributed by atoms with van der Waals surface area (Å²) in [6.45, 7) is 2.29. The highest BCUT2D eigenvalue weighted by atomic mass is 35.5. The van der Waals surface area contributed by atoms with Gasteiger partial charge in [-0.3, -0.25) is 15.0 Å². The zero-order valence-electron chi connectivity index (χ0n) is 18.6. The number of halogens is 2. The van der Waals surface area contributed by atoms with Gasteiger partial charge in [0.15, 0.2) is 5.78 Å². The zero-order chi connectivity index (χ0) is 24.2. The number of nitrogens with one attached hydrogen (secondary N) is 2. The molecule has 0 saturated carbocycles. The van der Waals surface area contributed by atoms with Crippen LogP contribution in [0.15, 0.2) is 72.8 Å². The topological polar surface area (TPSA) is 79.9 Å². The average molecular weight is 495 g/mol. The second kappa shape index (κ2) is 10.3. The molecule has 34 heavy (non-hydrogen) atoms. The van der Waals surface area contributed by atoms with Crippen LogP contribution in [0.4, 0.5) is 0 Å². The van der Waals surface area contributed by atoms with E-state index in [1.54, 1.807) is 39.5 Å². The van der Waals surface area contributed by atoms with E-state index in [0.717, 1.165) is 16.6 Å². The highest BCUT2D eigenvalue weighted by Gasteiger charge is 2.19. The molecule has 0 radical (unpaired) electrons. The first-order chi connectivity index (χ1) is 16.3. The molecule has 3 aromatic carbocycles. The predicted octanol–water partition coefficient (Wildman–Crippen LogP) is 5.38. The summed E-state index contributed by atoms with van der Waals surface area (Å²) >= 11 is 11.9. The van der Waals surface area contributed by atoms with E-state index in [1.165, 1.54) is 0 Å². The van der Waals surface area contributed by atoms with E-state index >= 15 is 0 Å². The van der Waals surface area contributed by atoms with Gasteiger partial charge in [-0.15, -0.1) is 0 Å². The van der Waals surface area contributed by atoms with Gasteiger partial charge in [0.2, 0.25) is 11.5 Å². The van der Waals surface area contributed by atoms with Crippen LogP contribution in [0.5, 0.6) is 0 Å². The maximum atomic E-state index is 12.9. The molecule has 1 heterocycles. The van der Waals surface area contributed by atoms with Gasteiger partial charge in [0.05, 0.1) is 17.6 Å². The minimum Gasteiger partial charge on any atom is -0.352 e. The standard InChI is InChI=1S/C26H24Cl2N4O2/c1-17(13-25(34)30-15-18-5-4-6-21(28)14-18)32-23-8-3-2-7-22(23)31(26(32)29)16-24(33)19-9-11-20(27)12-10-19/h2-12,14,17,29H,13,15-16H2,1H3,(H,30,34). The molecule has 6 nitrogen and oxygen atoms in total. The van der Waals surface area contributed by atoms with Crippen molar-refractivity contribution in [3.63, 3.8) is 0 Å².